The molecule has 0 aliphatic heterocycles. The average Bonchev–Trinajstić information content (AvgIpc) is 2.78. The number of nitrogens with one attached hydrogen (secondary N) is 1. The lowest BCUT2D eigenvalue weighted by molar-refractivity contribution is 0.0596. The maximum Gasteiger partial charge on any atom is 0.358 e. The van der Waals surface area contributed by atoms with Crippen LogP contribution in [0.5, 0.6) is 0 Å². The number of carbonyl (C=O) groups is 1. The van der Waals surface area contributed by atoms with Gasteiger partial charge in [-0.2, -0.15) is 0 Å². The van der Waals surface area contributed by atoms with Crippen molar-refractivity contribution in [3.05, 3.63) is 29.7 Å². The van der Waals surface area contributed by atoms with Gasteiger partial charge in [-0.15, -0.1) is 0 Å². The van der Waals surface area contributed by atoms with Crippen molar-refractivity contribution < 1.29 is 9.53 Å². The van der Waals surface area contributed by atoms with Gasteiger partial charge in [0.25, 0.3) is 0 Å². The number of esters is 1. The molecular formula is C12H16N4O2. The van der Waals surface area contributed by atoms with E-state index in [1.165, 1.54) is 7.11 Å². The highest BCUT2D eigenvalue weighted by atomic mass is 16.5. The van der Waals surface area contributed by atoms with Crippen molar-refractivity contribution in [1.82, 2.24) is 14.7 Å². The molecule has 0 bridgehead atoms. The number of aromatic nitrogens is 2. The van der Waals surface area contributed by atoms with E-state index in [-0.39, 0.29) is 11.7 Å². The highest BCUT2D eigenvalue weighted by Crippen LogP contribution is 2.22. The number of pyridine rings is 1. The van der Waals surface area contributed by atoms with Gasteiger partial charge >= 0.3 is 5.97 Å². The fraction of sp³-hybridized carbons (Fsp3) is 0.333. The molecule has 0 aliphatic rings. The van der Waals surface area contributed by atoms with E-state index in [1.54, 1.807) is 22.6 Å². The molecule has 0 saturated heterocycles. The molecule has 0 aliphatic carbocycles. The number of nitrogen functional groups attached to an aromatic ring is 1. The summed E-state index contributed by atoms with van der Waals surface area (Å²) < 4.78 is 6.49. The second kappa shape index (κ2) is 4.66. The lowest BCUT2D eigenvalue weighted by atomic mass is 10.3. The van der Waals surface area contributed by atoms with Gasteiger partial charge in [-0.1, -0.05) is 6.07 Å². The molecule has 1 unspecified atom stereocenters. The van der Waals surface area contributed by atoms with Crippen molar-refractivity contribution in [2.24, 2.45) is 0 Å². The van der Waals surface area contributed by atoms with Crippen LogP contribution in [0, 0.1) is 0 Å². The standard InChI is InChI=1S/C12H16N4O2/c1-7(14-2)11-15-10(12(17)18-3)8-5-4-6-9(13)16(8)11/h4-7,14H,13H2,1-3H3. The molecule has 6 nitrogen and oxygen atoms in total. The van der Waals surface area contributed by atoms with Crippen LogP contribution in [0.3, 0.4) is 0 Å². The quantitative estimate of drug-likeness (QED) is 0.791. The summed E-state index contributed by atoms with van der Waals surface area (Å²) >= 11 is 0. The maximum absolute atomic E-state index is 11.7. The zero-order valence-electron chi connectivity index (χ0n) is 10.6. The van der Waals surface area contributed by atoms with E-state index in [9.17, 15) is 4.79 Å². The third kappa shape index (κ3) is 1.80. The topological polar surface area (TPSA) is 81.6 Å². The predicted octanol–water partition coefficient (Wildman–Crippen LogP) is 0.983. The van der Waals surface area contributed by atoms with Gasteiger partial charge in [-0.3, -0.25) is 4.40 Å². The minimum Gasteiger partial charge on any atom is -0.464 e. The molecule has 0 amide bonds. The molecule has 0 spiro atoms. The molecule has 6 heteroatoms. The van der Waals surface area contributed by atoms with E-state index >= 15 is 0 Å². The fourth-order valence-electron chi connectivity index (χ4n) is 1.85. The molecule has 3 N–H and O–H groups in total. The van der Waals surface area contributed by atoms with E-state index in [0.29, 0.717) is 17.2 Å². The summed E-state index contributed by atoms with van der Waals surface area (Å²) in [7, 11) is 3.16. The third-order valence-corrected chi connectivity index (χ3v) is 2.92. The summed E-state index contributed by atoms with van der Waals surface area (Å²) in [6.45, 7) is 1.95. The summed E-state index contributed by atoms with van der Waals surface area (Å²) in [5.74, 6) is 0.755. The Labute approximate surface area is 105 Å². The van der Waals surface area contributed by atoms with Crippen LogP contribution in [0.25, 0.3) is 5.52 Å². The Morgan fingerprint density at radius 2 is 2.28 bits per heavy atom. The number of hydrogen-bond donors (Lipinski definition) is 2. The van der Waals surface area contributed by atoms with Gasteiger partial charge in [0.2, 0.25) is 0 Å². The van der Waals surface area contributed by atoms with E-state index in [0.717, 1.165) is 0 Å². The summed E-state index contributed by atoms with van der Waals surface area (Å²) in [5.41, 5.74) is 6.88. The summed E-state index contributed by atoms with van der Waals surface area (Å²) in [6, 6.07) is 5.32. The molecule has 0 saturated carbocycles. The molecule has 2 aromatic rings. The van der Waals surface area contributed by atoms with Gasteiger partial charge < -0.3 is 15.8 Å². The second-order valence-corrected chi connectivity index (χ2v) is 3.99. The number of nitrogens with zero attached hydrogens (tertiary/aromatic N) is 2. The van der Waals surface area contributed by atoms with Gasteiger partial charge in [0.15, 0.2) is 5.69 Å². The molecule has 2 heterocycles. The van der Waals surface area contributed by atoms with Crippen LogP contribution in [0.15, 0.2) is 18.2 Å². The Kier molecular flexibility index (Phi) is 3.20. The number of imidazole rings is 1. The molecule has 2 rings (SSSR count). The first-order valence-electron chi connectivity index (χ1n) is 5.62. The zero-order chi connectivity index (χ0) is 13.3. The highest BCUT2D eigenvalue weighted by molar-refractivity contribution is 5.95. The number of anilines is 1. The molecule has 0 radical (unpaired) electrons. The number of ether oxygens (including phenoxy) is 1. The van der Waals surface area contributed by atoms with Crippen LogP contribution in [-0.2, 0) is 4.74 Å². The molecule has 96 valence electrons. The average molecular weight is 248 g/mol. The molecular weight excluding hydrogens is 232 g/mol. The van der Waals surface area contributed by atoms with E-state index < -0.39 is 5.97 Å². The lowest BCUT2D eigenvalue weighted by Gasteiger charge is -2.10. The van der Waals surface area contributed by atoms with Crippen LogP contribution in [0.4, 0.5) is 5.82 Å². The normalized spacial score (nSPS) is 12.6. The SMILES string of the molecule is CNC(C)c1nc(C(=O)OC)c2cccc(N)n12. The van der Waals surface area contributed by atoms with Crippen LogP contribution in [-0.4, -0.2) is 29.5 Å². The lowest BCUT2D eigenvalue weighted by Crippen LogP contribution is -2.16. The van der Waals surface area contributed by atoms with Gasteiger partial charge in [0.05, 0.1) is 18.7 Å². The smallest absolute Gasteiger partial charge is 0.358 e. The van der Waals surface area contributed by atoms with Crippen LogP contribution < -0.4 is 11.1 Å². The van der Waals surface area contributed by atoms with Crippen molar-refractivity contribution >= 4 is 17.3 Å². The Morgan fingerprint density at radius 3 is 2.89 bits per heavy atom. The minimum absolute atomic E-state index is 0.0272. The van der Waals surface area contributed by atoms with E-state index in [1.807, 2.05) is 14.0 Å². The van der Waals surface area contributed by atoms with Crippen molar-refractivity contribution in [3.8, 4) is 0 Å². The Morgan fingerprint density at radius 1 is 1.56 bits per heavy atom. The number of hydrogen-bond acceptors (Lipinski definition) is 5. The van der Waals surface area contributed by atoms with Crippen molar-refractivity contribution in [1.29, 1.82) is 0 Å². The molecule has 1 atom stereocenters. The summed E-state index contributed by atoms with van der Waals surface area (Å²) in [5, 5.41) is 3.08. The van der Waals surface area contributed by atoms with E-state index in [2.05, 4.69) is 10.3 Å². The van der Waals surface area contributed by atoms with Crippen molar-refractivity contribution in [2.45, 2.75) is 13.0 Å². The predicted molar refractivity (Wildman–Crippen MR) is 68.4 cm³/mol. The number of methoxy groups -OCH3 is 1. The Hall–Kier alpha value is -2.08. The Bertz CT molecular complexity index is 591. The minimum atomic E-state index is -0.465. The van der Waals surface area contributed by atoms with E-state index in [4.69, 9.17) is 10.5 Å². The van der Waals surface area contributed by atoms with Gasteiger partial charge in [-0.25, -0.2) is 9.78 Å². The van der Waals surface area contributed by atoms with Crippen molar-refractivity contribution in [3.63, 3.8) is 0 Å². The van der Waals surface area contributed by atoms with Crippen molar-refractivity contribution in [2.75, 3.05) is 19.9 Å². The number of fused-ring (bicyclic) bond motifs is 1. The van der Waals surface area contributed by atoms with Gasteiger partial charge in [0, 0.05) is 0 Å². The largest absolute Gasteiger partial charge is 0.464 e. The van der Waals surface area contributed by atoms with Crippen LogP contribution in [0.1, 0.15) is 29.3 Å². The number of rotatable bonds is 3. The Balaban J connectivity index is 2.75. The molecule has 0 fully saturated rings. The first-order chi connectivity index (χ1) is 8.60. The molecule has 18 heavy (non-hydrogen) atoms. The maximum atomic E-state index is 11.7. The third-order valence-electron chi connectivity index (χ3n) is 2.92. The first-order valence-corrected chi connectivity index (χ1v) is 5.62. The summed E-state index contributed by atoms with van der Waals surface area (Å²) in [4.78, 5) is 16.0. The molecule has 2 aromatic heterocycles. The second-order valence-electron chi connectivity index (χ2n) is 3.99. The fourth-order valence-corrected chi connectivity index (χ4v) is 1.85. The van der Waals surface area contributed by atoms with Gasteiger partial charge in [-0.05, 0) is 26.1 Å². The summed E-state index contributed by atoms with van der Waals surface area (Å²) in [6.07, 6.45) is 0. The van der Waals surface area contributed by atoms with Gasteiger partial charge in [0.1, 0.15) is 11.6 Å². The van der Waals surface area contributed by atoms with Crippen LogP contribution in [0.2, 0.25) is 0 Å². The number of nitrogens with two attached hydrogens (primary N) is 1. The number of carbonyl (C=O) groups excluding carboxylic acids is 1. The zero-order valence-corrected chi connectivity index (χ0v) is 10.6. The first kappa shape index (κ1) is 12.4. The molecule has 0 aromatic carbocycles. The highest BCUT2D eigenvalue weighted by Gasteiger charge is 2.21. The monoisotopic (exact) mass is 248 g/mol. The van der Waals surface area contributed by atoms with Crippen LogP contribution >= 0.6 is 0 Å².